The first-order valence-corrected chi connectivity index (χ1v) is 9.52. The van der Waals surface area contributed by atoms with Gasteiger partial charge in [0.1, 0.15) is 17.5 Å². The molecule has 3 aromatic rings. The molecule has 1 amide bonds. The third-order valence-corrected chi connectivity index (χ3v) is 5.24. The van der Waals surface area contributed by atoms with E-state index in [2.05, 4.69) is 15.5 Å². The minimum Gasteiger partial charge on any atom is -0.497 e. The van der Waals surface area contributed by atoms with Crippen LogP contribution in [0.25, 0.3) is 10.7 Å². The van der Waals surface area contributed by atoms with Crippen molar-refractivity contribution in [2.75, 3.05) is 14.2 Å². The molecule has 1 unspecified atom stereocenters. The van der Waals surface area contributed by atoms with Gasteiger partial charge in [0.15, 0.2) is 10.6 Å². The van der Waals surface area contributed by atoms with Crippen molar-refractivity contribution in [1.82, 2.24) is 20.1 Å². The number of methoxy groups -OCH3 is 2. The molecule has 0 saturated carbocycles. The van der Waals surface area contributed by atoms with E-state index >= 15 is 0 Å². The average Bonchev–Trinajstić information content (AvgIpc) is 3.34. The number of nitrogens with one attached hydrogen (secondary N) is 2. The van der Waals surface area contributed by atoms with Gasteiger partial charge in [-0.1, -0.05) is 6.07 Å². The van der Waals surface area contributed by atoms with E-state index in [1.165, 1.54) is 0 Å². The van der Waals surface area contributed by atoms with Crippen LogP contribution in [0.4, 0.5) is 0 Å². The Bertz CT molecular complexity index is 957. The summed E-state index contributed by atoms with van der Waals surface area (Å²) in [6, 6.07) is 8.86. The van der Waals surface area contributed by atoms with E-state index in [-0.39, 0.29) is 5.91 Å². The van der Waals surface area contributed by atoms with E-state index < -0.39 is 6.04 Å². The summed E-state index contributed by atoms with van der Waals surface area (Å²) in [5, 5.41) is 11.9. The van der Waals surface area contributed by atoms with Gasteiger partial charge in [-0.15, -0.1) is 11.3 Å². The molecule has 0 radical (unpaired) electrons. The second kappa shape index (κ2) is 8.36. The summed E-state index contributed by atoms with van der Waals surface area (Å²) >= 11 is 6.86. The van der Waals surface area contributed by atoms with Crippen molar-refractivity contribution in [3.8, 4) is 22.2 Å². The number of benzene rings is 1. The zero-order chi connectivity index (χ0) is 19.4. The summed E-state index contributed by atoms with van der Waals surface area (Å²) in [5.74, 6) is 1.83. The highest BCUT2D eigenvalue weighted by molar-refractivity contribution is 7.71. The van der Waals surface area contributed by atoms with Crippen molar-refractivity contribution in [1.29, 1.82) is 0 Å². The molecule has 0 aliphatic heterocycles. The average molecular weight is 405 g/mol. The van der Waals surface area contributed by atoms with Gasteiger partial charge in [-0.05, 0) is 48.3 Å². The Morgan fingerprint density at radius 2 is 2.04 bits per heavy atom. The Morgan fingerprint density at radius 3 is 2.63 bits per heavy atom. The van der Waals surface area contributed by atoms with Gasteiger partial charge in [-0.25, -0.2) is 0 Å². The second-order valence-electron chi connectivity index (χ2n) is 5.81. The first kappa shape index (κ1) is 19.1. The Morgan fingerprint density at radius 1 is 1.33 bits per heavy atom. The molecular weight excluding hydrogens is 384 g/mol. The topological polar surface area (TPSA) is 81.2 Å². The number of aromatic nitrogens is 3. The second-order valence-corrected chi connectivity index (χ2v) is 7.15. The van der Waals surface area contributed by atoms with Crippen molar-refractivity contribution < 1.29 is 14.3 Å². The maximum absolute atomic E-state index is 12.7. The third kappa shape index (κ3) is 4.20. The number of carbonyl (C=O) groups is 1. The molecule has 0 spiro atoms. The van der Waals surface area contributed by atoms with Crippen molar-refractivity contribution in [2.24, 2.45) is 0 Å². The minimum absolute atomic E-state index is 0.160. The third-order valence-electron chi connectivity index (χ3n) is 4.09. The number of amides is 1. The molecule has 27 heavy (non-hydrogen) atoms. The summed E-state index contributed by atoms with van der Waals surface area (Å²) < 4.78 is 12.7. The molecule has 0 saturated heterocycles. The molecule has 2 N–H and O–H groups in total. The number of thiophene rings is 1. The number of hydrogen-bond donors (Lipinski definition) is 2. The molecule has 0 aliphatic rings. The first-order valence-electron chi connectivity index (χ1n) is 8.24. The molecule has 1 aromatic carbocycles. The summed E-state index contributed by atoms with van der Waals surface area (Å²) in [6.07, 6.45) is 0. The largest absolute Gasteiger partial charge is 0.497 e. The fourth-order valence-corrected chi connectivity index (χ4v) is 3.67. The molecule has 9 heteroatoms. The van der Waals surface area contributed by atoms with Gasteiger partial charge < -0.3 is 14.8 Å². The lowest BCUT2D eigenvalue weighted by Gasteiger charge is -2.16. The number of hydrogen-bond acceptors (Lipinski definition) is 6. The maximum atomic E-state index is 12.7. The highest BCUT2D eigenvalue weighted by atomic mass is 32.1. The van der Waals surface area contributed by atoms with Crippen molar-refractivity contribution in [2.45, 2.75) is 19.5 Å². The van der Waals surface area contributed by atoms with Gasteiger partial charge in [0.25, 0.3) is 0 Å². The molecule has 7 nitrogen and oxygen atoms in total. The van der Waals surface area contributed by atoms with E-state index in [0.29, 0.717) is 28.6 Å². The molecule has 0 bridgehead atoms. The first-order chi connectivity index (χ1) is 13.0. The Balaban J connectivity index is 1.76. The molecule has 3 rings (SSSR count). The fraction of sp³-hybridized carbons (Fsp3) is 0.278. The van der Waals surface area contributed by atoms with Crippen LogP contribution in [0, 0.1) is 4.77 Å². The molecule has 1 atom stereocenters. The van der Waals surface area contributed by atoms with Crippen molar-refractivity contribution >= 4 is 29.5 Å². The van der Waals surface area contributed by atoms with Crippen LogP contribution in [0.15, 0.2) is 35.7 Å². The molecule has 0 fully saturated rings. The fourth-order valence-electron chi connectivity index (χ4n) is 2.67. The van der Waals surface area contributed by atoms with Crippen LogP contribution < -0.4 is 14.8 Å². The van der Waals surface area contributed by atoms with Gasteiger partial charge in [0.2, 0.25) is 5.91 Å². The number of H-pyrrole nitrogens is 1. The minimum atomic E-state index is -0.513. The molecule has 0 aliphatic carbocycles. The van der Waals surface area contributed by atoms with Crippen molar-refractivity contribution in [3.63, 3.8) is 0 Å². The predicted octanol–water partition coefficient (Wildman–Crippen LogP) is 3.56. The van der Waals surface area contributed by atoms with E-state index in [9.17, 15) is 4.79 Å². The summed E-state index contributed by atoms with van der Waals surface area (Å²) in [5.41, 5.74) is 0.876. The molecule has 2 heterocycles. The number of nitrogens with zero attached hydrogens (tertiary/aromatic N) is 2. The molecule has 2 aromatic heterocycles. The van der Waals surface area contributed by atoms with Gasteiger partial charge >= 0.3 is 0 Å². The van der Waals surface area contributed by atoms with Crippen LogP contribution in [0.2, 0.25) is 0 Å². The standard InChI is InChI=1S/C18H20N4O3S2/c1-11(22-16(20-21-18(22)26)15-5-4-6-27-15)17(23)19-10-12-7-13(24-2)9-14(8-12)25-3/h4-9,11H,10H2,1-3H3,(H,19,23)(H,21,26). The van der Waals surface area contributed by atoms with Crippen LogP contribution in [0.3, 0.4) is 0 Å². The summed E-state index contributed by atoms with van der Waals surface area (Å²) in [7, 11) is 3.18. The highest BCUT2D eigenvalue weighted by Gasteiger charge is 2.21. The lowest BCUT2D eigenvalue weighted by molar-refractivity contribution is -0.124. The number of ether oxygens (including phenoxy) is 2. The lowest BCUT2D eigenvalue weighted by Crippen LogP contribution is -2.31. The number of carbonyl (C=O) groups excluding carboxylic acids is 1. The van der Waals surface area contributed by atoms with E-state index in [4.69, 9.17) is 21.7 Å². The van der Waals surface area contributed by atoms with Crippen LogP contribution in [-0.2, 0) is 11.3 Å². The SMILES string of the molecule is COc1cc(CNC(=O)C(C)n2c(-c3cccs3)n[nH]c2=S)cc(OC)c1. The smallest absolute Gasteiger partial charge is 0.243 e. The Hall–Kier alpha value is -2.65. The van der Waals surface area contributed by atoms with Crippen LogP contribution in [-0.4, -0.2) is 34.9 Å². The predicted molar refractivity (Wildman–Crippen MR) is 107 cm³/mol. The van der Waals surface area contributed by atoms with Gasteiger partial charge in [0, 0.05) is 12.6 Å². The number of aromatic amines is 1. The van der Waals surface area contributed by atoms with Gasteiger partial charge in [-0.2, -0.15) is 5.10 Å². The van der Waals surface area contributed by atoms with Crippen molar-refractivity contribution in [3.05, 3.63) is 46.0 Å². The number of rotatable bonds is 7. The monoisotopic (exact) mass is 404 g/mol. The van der Waals surface area contributed by atoms with Crippen LogP contribution in [0.1, 0.15) is 18.5 Å². The Kier molecular flexibility index (Phi) is 5.92. The van der Waals surface area contributed by atoms with Crippen LogP contribution in [0.5, 0.6) is 11.5 Å². The van der Waals surface area contributed by atoms with Gasteiger partial charge in [-0.3, -0.25) is 14.5 Å². The van der Waals surface area contributed by atoms with E-state index in [1.807, 2.05) is 29.6 Å². The lowest BCUT2D eigenvalue weighted by atomic mass is 10.2. The highest BCUT2D eigenvalue weighted by Crippen LogP contribution is 2.26. The molecular formula is C18H20N4O3S2. The zero-order valence-corrected chi connectivity index (χ0v) is 16.8. The summed E-state index contributed by atoms with van der Waals surface area (Å²) in [4.78, 5) is 13.7. The maximum Gasteiger partial charge on any atom is 0.243 e. The normalized spacial score (nSPS) is 11.8. The van der Waals surface area contributed by atoms with E-state index in [1.54, 1.807) is 43.1 Å². The van der Waals surface area contributed by atoms with Crippen LogP contribution >= 0.6 is 23.6 Å². The quantitative estimate of drug-likeness (QED) is 0.589. The Labute approximate surface area is 165 Å². The molecule has 142 valence electrons. The zero-order valence-electron chi connectivity index (χ0n) is 15.2. The summed E-state index contributed by atoms with van der Waals surface area (Å²) in [6.45, 7) is 2.14. The van der Waals surface area contributed by atoms with E-state index in [0.717, 1.165) is 10.4 Å². The van der Waals surface area contributed by atoms with Gasteiger partial charge in [0.05, 0.1) is 19.1 Å².